The predicted octanol–water partition coefficient (Wildman–Crippen LogP) is 2.82. The molecule has 0 atom stereocenters. The molecule has 0 aromatic carbocycles. The molecule has 0 fully saturated rings. The van der Waals surface area contributed by atoms with E-state index in [-0.39, 0.29) is 0 Å². The summed E-state index contributed by atoms with van der Waals surface area (Å²) >= 11 is 9.40. The molecule has 0 radical (unpaired) electrons. The molecule has 8 heteroatoms. The zero-order valence-corrected chi connectivity index (χ0v) is 12.6. The Morgan fingerprint density at radius 1 is 0.812 bits per heavy atom. The molecule has 2 heterocycles. The zero-order valence-electron chi connectivity index (χ0n) is 7.81. The minimum atomic E-state index is 0.424. The normalized spacial score (nSPS) is 9.19. The molecule has 0 spiro atoms. The third-order valence-electron chi connectivity index (χ3n) is 1.27. The highest BCUT2D eigenvalue weighted by Gasteiger charge is 1.90. The Bertz CT molecular complexity index is 406. The highest BCUT2D eigenvalue weighted by molar-refractivity contribution is 9.11. The van der Waals surface area contributed by atoms with Gasteiger partial charge in [0.1, 0.15) is 13.8 Å². The van der Waals surface area contributed by atoms with Crippen LogP contribution in [0.15, 0.2) is 38.6 Å². The van der Waals surface area contributed by atoms with E-state index in [0.717, 1.165) is 9.21 Å². The molecule has 0 amide bonds. The van der Waals surface area contributed by atoms with Crippen molar-refractivity contribution < 1.29 is 0 Å². The lowest BCUT2D eigenvalue weighted by molar-refractivity contribution is 1.13. The lowest BCUT2D eigenvalue weighted by Gasteiger charge is -1.89. The largest absolute Gasteiger partial charge is 0.381 e. The van der Waals surface area contributed by atoms with Gasteiger partial charge in [0.25, 0.3) is 0 Å². The summed E-state index contributed by atoms with van der Waals surface area (Å²) in [4.78, 5) is 15.3. The SMILES string of the molecule is Brc1cnc(Br)cn1.Nc1nccnc1Br. The molecule has 16 heavy (non-hydrogen) atoms. The zero-order chi connectivity index (χ0) is 12.0. The summed E-state index contributed by atoms with van der Waals surface area (Å²) in [6, 6.07) is 0. The van der Waals surface area contributed by atoms with Crippen LogP contribution in [-0.4, -0.2) is 19.9 Å². The molecule has 5 nitrogen and oxygen atoms in total. The van der Waals surface area contributed by atoms with E-state index in [4.69, 9.17) is 5.73 Å². The average Bonchev–Trinajstić information content (AvgIpc) is 2.28. The Morgan fingerprint density at radius 3 is 1.62 bits per heavy atom. The molecule has 84 valence electrons. The third kappa shape index (κ3) is 4.95. The van der Waals surface area contributed by atoms with E-state index < -0.39 is 0 Å². The molecule has 0 aliphatic carbocycles. The summed E-state index contributed by atoms with van der Waals surface area (Å²) < 4.78 is 2.10. The van der Waals surface area contributed by atoms with Gasteiger partial charge in [-0.2, -0.15) is 0 Å². The number of hydrogen-bond donors (Lipinski definition) is 1. The van der Waals surface area contributed by atoms with Crippen LogP contribution in [0.2, 0.25) is 0 Å². The van der Waals surface area contributed by atoms with Crippen molar-refractivity contribution in [2.45, 2.75) is 0 Å². The van der Waals surface area contributed by atoms with Crippen LogP contribution in [0.1, 0.15) is 0 Å². The fourth-order valence-electron chi connectivity index (χ4n) is 0.628. The van der Waals surface area contributed by atoms with Gasteiger partial charge in [-0.25, -0.2) is 19.9 Å². The van der Waals surface area contributed by atoms with E-state index >= 15 is 0 Å². The Kier molecular flexibility index (Phi) is 5.78. The first-order valence-corrected chi connectivity index (χ1v) is 6.32. The van der Waals surface area contributed by atoms with Crippen LogP contribution in [0.4, 0.5) is 5.82 Å². The summed E-state index contributed by atoms with van der Waals surface area (Å²) in [7, 11) is 0. The highest BCUT2D eigenvalue weighted by atomic mass is 79.9. The van der Waals surface area contributed by atoms with Crippen LogP contribution in [-0.2, 0) is 0 Å². The molecular weight excluding hydrogens is 406 g/mol. The van der Waals surface area contributed by atoms with Crippen molar-refractivity contribution in [3.63, 3.8) is 0 Å². The lowest BCUT2D eigenvalue weighted by Crippen LogP contribution is -1.91. The summed E-state index contributed by atoms with van der Waals surface area (Å²) in [5, 5.41) is 0. The molecule has 2 rings (SSSR count). The molecule has 0 aliphatic heterocycles. The lowest BCUT2D eigenvalue weighted by atomic mass is 10.7. The average molecular weight is 412 g/mol. The van der Waals surface area contributed by atoms with E-state index in [0.29, 0.717) is 10.4 Å². The number of halogens is 3. The number of nitrogens with two attached hydrogens (primary N) is 1. The number of anilines is 1. The van der Waals surface area contributed by atoms with E-state index in [9.17, 15) is 0 Å². The topological polar surface area (TPSA) is 77.6 Å². The van der Waals surface area contributed by atoms with E-state index in [1.807, 2.05) is 0 Å². The van der Waals surface area contributed by atoms with Crippen molar-refractivity contribution in [2.75, 3.05) is 5.73 Å². The second kappa shape index (κ2) is 6.87. The number of hydrogen-bond acceptors (Lipinski definition) is 5. The van der Waals surface area contributed by atoms with Gasteiger partial charge in [-0.15, -0.1) is 0 Å². The Labute approximate surface area is 117 Å². The molecule has 0 bridgehead atoms. The molecule has 2 aromatic rings. The van der Waals surface area contributed by atoms with Crippen LogP contribution in [0.3, 0.4) is 0 Å². The monoisotopic (exact) mass is 409 g/mol. The molecule has 2 N–H and O–H groups in total. The summed E-state index contributed by atoms with van der Waals surface area (Å²) in [6.45, 7) is 0. The van der Waals surface area contributed by atoms with Gasteiger partial charge in [-0.1, -0.05) is 0 Å². The van der Waals surface area contributed by atoms with E-state index in [1.54, 1.807) is 24.8 Å². The fraction of sp³-hybridized carbons (Fsp3) is 0. The summed E-state index contributed by atoms with van der Waals surface area (Å²) in [6.07, 6.45) is 6.37. The molecule has 0 aliphatic rings. The first-order chi connectivity index (χ1) is 7.59. The molecule has 0 saturated carbocycles. The van der Waals surface area contributed by atoms with Crippen molar-refractivity contribution >= 4 is 53.6 Å². The van der Waals surface area contributed by atoms with E-state index in [1.165, 1.54) is 0 Å². The highest BCUT2D eigenvalue weighted by Crippen LogP contribution is 2.09. The van der Waals surface area contributed by atoms with Crippen molar-refractivity contribution in [3.05, 3.63) is 38.6 Å². The molecular formula is C8H6Br3N5. The number of aromatic nitrogens is 4. The number of nitrogens with zero attached hydrogens (tertiary/aromatic N) is 4. The third-order valence-corrected chi connectivity index (χ3v) is 2.70. The predicted molar refractivity (Wildman–Crippen MR) is 71.6 cm³/mol. The second-order valence-corrected chi connectivity index (χ2v) is 4.77. The van der Waals surface area contributed by atoms with Crippen molar-refractivity contribution in [2.24, 2.45) is 0 Å². The van der Waals surface area contributed by atoms with Crippen LogP contribution in [0.25, 0.3) is 0 Å². The first kappa shape index (κ1) is 13.5. The Morgan fingerprint density at radius 2 is 1.31 bits per heavy atom. The smallest absolute Gasteiger partial charge is 0.156 e. The standard InChI is InChI=1S/C4H2Br2N2.C4H4BrN3/c5-3-1-7-4(6)2-8-3;5-3-4(6)8-2-1-7-3/h1-2H;1-2H,(H2,6,8). The van der Waals surface area contributed by atoms with Crippen molar-refractivity contribution in [3.8, 4) is 0 Å². The Hall–Kier alpha value is -0.600. The minimum absolute atomic E-state index is 0.424. The van der Waals surface area contributed by atoms with Crippen LogP contribution < -0.4 is 5.73 Å². The maximum absolute atomic E-state index is 5.30. The van der Waals surface area contributed by atoms with Crippen LogP contribution in [0.5, 0.6) is 0 Å². The molecule has 2 aromatic heterocycles. The molecule has 0 unspecified atom stereocenters. The number of rotatable bonds is 0. The van der Waals surface area contributed by atoms with Gasteiger partial charge in [0.15, 0.2) is 5.82 Å². The maximum Gasteiger partial charge on any atom is 0.156 e. The summed E-state index contributed by atoms with van der Waals surface area (Å²) in [5.41, 5.74) is 5.30. The van der Waals surface area contributed by atoms with Crippen molar-refractivity contribution in [1.82, 2.24) is 19.9 Å². The minimum Gasteiger partial charge on any atom is -0.381 e. The first-order valence-electron chi connectivity index (χ1n) is 3.94. The van der Waals surface area contributed by atoms with E-state index in [2.05, 4.69) is 67.7 Å². The number of nitrogen functional groups attached to an aromatic ring is 1. The van der Waals surface area contributed by atoms with Crippen molar-refractivity contribution in [1.29, 1.82) is 0 Å². The maximum atomic E-state index is 5.30. The van der Waals surface area contributed by atoms with Gasteiger partial charge in [-0.3, -0.25) is 0 Å². The van der Waals surface area contributed by atoms with Crippen LogP contribution in [0, 0.1) is 0 Å². The van der Waals surface area contributed by atoms with Gasteiger partial charge in [0.05, 0.1) is 12.4 Å². The quantitative estimate of drug-likeness (QED) is 0.721. The van der Waals surface area contributed by atoms with Gasteiger partial charge in [0.2, 0.25) is 0 Å². The summed E-state index contributed by atoms with van der Waals surface area (Å²) in [5.74, 6) is 0.424. The van der Waals surface area contributed by atoms with Gasteiger partial charge in [-0.05, 0) is 47.8 Å². The van der Waals surface area contributed by atoms with Gasteiger partial charge < -0.3 is 5.73 Å². The van der Waals surface area contributed by atoms with Crippen LogP contribution >= 0.6 is 47.8 Å². The molecule has 0 saturated heterocycles. The van der Waals surface area contributed by atoms with Gasteiger partial charge >= 0.3 is 0 Å². The Balaban J connectivity index is 0.000000160. The fourth-order valence-corrected chi connectivity index (χ4v) is 1.26. The van der Waals surface area contributed by atoms with Gasteiger partial charge in [0, 0.05) is 12.4 Å². The second-order valence-electron chi connectivity index (χ2n) is 2.39.